The van der Waals surface area contributed by atoms with Crippen molar-refractivity contribution >= 4 is 45.5 Å². The van der Waals surface area contributed by atoms with Gasteiger partial charge in [0, 0.05) is 65.4 Å². The van der Waals surface area contributed by atoms with Crippen LogP contribution in [-0.4, -0.2) is 84.6 Å². The van der Waals surface area contributed by atoms with Gasteiger partial charge >= 0.3 is 5.97 Å². The second-order valence-corrected chi connectivity index (χ2v) is 10.7. The number of nitrogens with one attached hydrogen (secondary N) is 6. The van der Waals surface area contributed by atoms with Crippen molar-refractivity contribution in [3.05, 3.63) is 90.3 Å². The molecule has 3 aromatic heterocycles. The quantitative estimate of drug-likeness (QED) is 0.0840. The van der Waals surface area contributed by atoms with Crippen LogP contribution in [0, 0.1) is 0 Å². The predicted octanol–water partition coefficient (Wildman–Crippen LogP) is 0.259. The van der Waals surface area contributed by atoms with Crippen LogP contribution < -0.4 is 21.7 Å². The predicted molar refractivity (Wildman–Crippen MR) is 165 cm³/mol. The number of H-pyrrole nitrogens is 3. The molecule has 0 aliphatic heterocycles. The lowest BCUT2D eigenvalue weighted by atomic mass is 10.0. The molecular weight excluding hydrogens is 580 g/mol. The summed E-state index contributed by atoms with van der Waals surface area (Å²) in [5, 5.41) is 28.9. The number of nitrogens with two attached hydrogens (primary N) is 1. The molecule has 5 rings (SSSR count). The molecule has 3 amide bonds. The lowest BCUT2D eigenvalue weighted by Crippen LogP contribution is -2.58. The minimum atomic E-state index is -1.30. The zero-order chi connectivity index (χ0) is 31.9. The number of hydrogen-bond acceptors (Lipinski definition) is 7. The smallest absolute Gasteiger partial charge is 0.326 e. The van der Waals surface area contributed by atoms with Crippen molar-refractivity contribution in [1.82, 2.24) is 35.9 Å². The molecule has 0 fully saturated rings. The molecule has 0 saturated heterocycles. The van der Waals surface area contributed by atoms with E-state index in [1.54, 1.807) is 12.4 Å². The summed E-state index contributed by atoms with van der Waals surface area (Å²) in [5.74, 6) is -3.45. The number of hydrogen-bond donors (Lipinski definition) is 9. The zero-order valence-corrected chi connectivity index (χ0v) is 24.1. The lowest BCUT2D eigenvalue weighted by molar-refractivity contribution is -0.142. The summed E-state index contributed by atoms with van der Waals surface area (Å²) in [6, 6.07) is 9.84. The maximum absolute atomic E-state index is 13.8. The zero-order valence-electron chi connectivity index (χ0n) is 24.1. The van der Waals surface area contributed by atoms with E-state index in [-0.39, 0.29) is 19.3 Å². The Morgan fingerprint density at radius 2 is 1.24 bits per heavy atom. The highest BCUT2D eigenvalue weighted by Gasteiger charge is 2.31. The highest BCUT2D eigenvalue weighted by atomic mass is 16.4. The van der Waals surface area contributed by atoms with Crippen LogP contribution in [-0.2, 0) is 38.4 Å². The highest BCUT2D eigenvalue weighted by molar-refractivity contribution is 5.95. The van der Waals surface area contributed by atoms with Crippen molar-refractivity contribution in [2.75, 3.05) is 6.61 Å². The standard InChI is InChI=1S/C31H34N8O6/c32-22(15-40)28(41)37-25(9-17-12-34-23-7-3-1-5-20(17)23)29(42)38-26(11-19-14-33-16-36-19)30(43)39-27(31(44)45)10-18-13-35-24-8-4-2-6-21(18)24/h1-8,12-14,16,22,25-27,34-35,40H,9-11,15,32H2,(H,33,36)(H,37,41)(H,38,42)(H,39,43)(H,44,45). The molecule has 14 heteroatoms. The van der Waals surface area contributed by atoms with Gasteiger partial charge in [0.15, 0.2) is 0 Å². The van der Waals surface area contributed by atoms with E-state index in [4.69, 9.17) is 5.73 Å². The Morgan fingerprint density at radius 3 is 1.78 bits per heavy atom. The van der Waals surface area contributed by atoms with Gasteiger partial charge in [-0.25, -0.2) is 9.78 Å². The Bertz CT molecular complexity index is 1800. The molecular formula is C31H34N8O6. The average molecular weight is 615 g/mol. The number of fused-ring (bicyclic) bond motifs is 2. The Labute approximate surface area is 256 Å². The van der Waals surface area contributed by atoms with E-state index in [1.165, 1.54) is 12.5 Å². The molecule has 0 bridgehead atoms. The second-order valence-electron chi connectivity index (χ2n) is 10.7. The SMILES string of the molecule is NC(CO)C(=O)NC(Cc1c[nH]c2ccccc12)C(=O)NC(Cc1cnc[nH]1)C(=O)NC(Cc1c[nH]c2ccccc12)C(=O)O. The summed E-state index contributed by atoms with van der Waals surface area (Å²) in [5.41, 5.74) is 9.31. The van der Waals surface area contributed by atoms with Gasteiger partial charge in [-0.1, -0.05) is 36.4 Å². The number of rotatable bonds is 14. The van der Waals surface area contributed by atoms with Gasteiger partial charge in [0.25, 0.3) is 0 Å². The number of nitrogens with zero attached hydrogens (tertiary/aromatic N) is 1. The first-order valence-corrected chi connectivity index (χ1v) is 14.3. The van der Waals surface area contributed by atoms with Crippen molar-refractivity contribution in [2.24, 2.45) is 5.73 Å². The number of carboxylic acid groups (broad SMARTS) is 1. The molecule has 5 aromatic rings. The van der Waals surface area contributed by atoms with E-state index < -0.39 is 54.5 Å². The number of amides is 3. The van der Waals surface area contributed by atoms with Crippen molar-refractivity contribution in [3.8, 4) is 0 Å². The van der Waals surface area contributed by atoms with E-state index in [1.807, 2.05) is 48.5 Å². The number of aliphatic hydroxyl groups excluding tert-OH is 1. The van der Waals surface area contributed by atoms with Crippen LogP contribution in [0.3, 0.4) is 0 Å². The number of aromatic amines is 3. The number of aromatic nitrogens is 4. The summed E-state index contributed by atoms with van der Waals surface area (Å²) in [7, 11) is 0. The molecule has 0 radical (unpaired) electrons. The first-order valence-electron chi connectivity index (χ1n) is 14.3. The lowest BCUT2D eigenvalue weighted by Gasteiger charge is -2.25. The van der Waals surface area contributed by atoms with Gasteiger partial charge in [0.1, 0.15) is 24.2 Å². The Balaban J connectivity index is 1.37. The van der Waals surface area contributed by atoms with Crippen LogP contribution in [0.2, 0.25) is 0 Å². The molecule has 0 spiro atoms. The summed E-state index contributed by atoms with van der Waals surface area (Å²) >= 11 is 0. The largest absolute Gasteiger partial charge is 0.480 e. The average Bonchev–Trinajstić information content (AvgIpc) is 3.80. The minimum absolute atomic E-state index is 0.00585. The molecule has 0 aliphatic rings. The Hall–Kier alpha value is -5.47. The second kappa shape index (κ2) is 13.9. The number of para-hydroxylation sites is 2. The molecule has 45 heavy (non-hydrogen) atoms. The third kappa shape index (κ3) is 7.37. The van der Waals surface area contributed by atoms with Crippen molar-refractivity contribution in [3.63, 3.8) is 0 Å². The molecule has 10 N–H and O–H groups in total. The molecule has 4 unspecified atom stereocenters. The topological polar surface area (TPSA) is 231 Å². The number of carbonyl (C=O) groups is 4. The molecule has 2 aromatic carbocycles. The molecule has 3 heterocycles. The molecule has 14 nitrogen and oxygen atoms in total. The van der Waals surface area contributed by atoms with Gasteiger partial charge in [-0.15, -0.1) is 0 Å². The maximum atomic E-state index is 13.8. The normalized spacial score (nSPS) is 14.0. The molecule has 234 valence electrons. The fourth-order valence-electron chi connectivity index (χ4n) is 5.18. The summed E-state index contributed by atoms with van der Waals surface area (Å²) in [6.07, 6.45) is 6.31. The van der Waals surface area contributed by atoms with Gasteiger partial charge in [0.2, 0.25) is 17.7 Å². The van der Waals surface area contributed by atoms with Crippen LogP contribution in [0.5, 0.6) is 0 Å². The van der Waals surface area contributed by atoms with Crippen LogP contribution in [0.25, 0.3) is 21.8 Å². The molecule has 0 saturated carbocycles. The summed E-state index contributed by atoms with van der Waals surface area (Å²) < 4.78 is 0. The monoisotopic (exact) mass is 614 g/mol. The van der Waals surface area contributed by atoms with E-state index >= 15 is 0 Å². The van der Waals surface area contributed by atoms with Crippen molar-refractivity contribution in [2.45, 2.75) is 43.4 Å². The summed E-state index contributed by atoms with van der Waals surface area (Å²) in [6.45, 7) is -0.634. The van der Waals surface area contributed by atoms with Gasteiger partial charge in [0.05, 0.1) is 12.9 Å². The number of benzene rings is 2. The number of aliphatic carboxylic acids is 1. The number of imidazole rings is 1. The van der Waals surface area contributed by atoms with Crippen LogP contribution >= 0.6 is 0 Å². The van der Waals surface area contributed by atoms with E-state index in [0.717, 1.165) is 27.4 Å². The first kappa shape index (κ1) is 31.0. The summed E-state index contributed by atoms with van der Waals surface area (Å²) in [4.78, 5) is 65.4. The van der Waals surface area contributed by atoms with Gasteiger partial charge < -0.3 is 46.8 Å². The number of carboxylic acids is 1. The maximum Gasteiger partial charge on any atom is 0.326 e. The van der Waals surface area contributed by atoms with Crippen LogP contribution in [0.4, 0.5) is 0 Å². The van der Waals surface area contributed by atoms with Crippen LogP contribution in [0.1, 0.15) is 16.8 Å². The fourth-order valence-corrected chi connectivity index (χ4v) is 5.18. The van der Waals surface area contributed by atoms with E-state index in [0.29, 0.717) is 11.3 Å². The Morgan fingerprint density at radius 1 is 0.733 bits per heavy atom. The Kier molecular flexibility index (Phi) is 9.55. The first-order chi connectivity index (χ1) is 21.7. The molecule has 4 atom stereocenters. The molecule has 0 aliphatic carbocycles. The third-order valence-corrected chi connectivity index (χ3v) is 7.59. The van der Waals surface area contributed by atoms with Gasteiger partial charge in [-0.3, -0.25) is 14.4 Å². The minimum Gasteiger partial charge on any atom is -0.480 e. The van der Waals surface area contributed by atoms with Crippen molar-refractivity contribution < 1.29 is 29.4 Å². The van der Waals surface area contributed by atoms with Gasteiger partial charge in [-0.05, 0) is 23.3 Å². The fraction of sp³-hybridized carbons (Fsp3) is 0.258. The highest BCUT2D eigenvalue weighted by Crippen LogP contribution is 2.21. The van der Waals surface area contributed by atoms with E-state index in [2.05, 4.69) is 35.9 Å². The van der Waals surface area contributed by atoms with Crippen LogP contribution in [0.15, 0.2) is 73.4 Å². The van der Waals surface area contributed by atoms with E-state index in [9.17, 15) is 29.4 Å². The van der Waals surface area contributed by atoms with Crippen molar-refractivity contribution in [1.29, 1.82) is 0 Å². The van der Waals surface area contributed by atoms with Gasteiger partial charge in [-0.2, -0.15) is 0 Å². The number of carbonyl (C=O) groups excluding carboxylic acids is 3. The number of aliphatic hydroxyl groups is 1. The third-order valence-electron chi connectivity index (χ3n) is 7.59.